The summed E-state index contributed by atoms with van der Waals surface area (Å²) < 4.78 is 28.0. The Labute approximate surface area is 173 Å². The third kappa shape index (κ3) is 3.75. The van der Waals surface area contributed by atoms with Crippen LogP contribution >= 0.6 is 11.3 Å². The molecule has 2 aromatic carbocycles. The van der Waals surface area contributed by atoms with Gasteiger partial charge in [0.15, 0.2) is 0 Å². The number of fused-ring (bicyclic) bond motifs is 1. The molecule has 1 aliphatic heterocycles. The maximum atomic E-state index is 13.3. The molecule has 1 N–H and O–H groups in total. The van der Waals surface area contributed by atoms with E-state index in [9.17, 15) is 13.2 Å². The molecule has 2 heterocycles. The summed E-state index contributed by atoms with van der Waals surface area (Å²) in [6.07, 6.45) is 1.59. The fourth-order valence-electron chi connectivity index (χ4n) is 3.32. The summed E-state index contributed by atoms with van der Waals surface area (Å²) in [6, 6.07) is 18.8. The molecule has 0 bridgehead atoms. The van der Waals surface area contributed by atoms with Crippen molar-refractivity contribution in [3.8, 4) is 6.07 Å². The summed E-state index contributed by atoms with van der Waals surface area (Å²) in [5.41, 5.74) is 1.93. The topological polar surface area (TPSA) is 90.3 Å². The van der Waals surface area contributed by atoms with Crippen molar-refractivity contribution in [2.45, 2.75) is 17.7 Å². The lowest BCUT2D eigenvalue weighted by Gasteiger charge is -2.30. The number of aryl methyl sites for hydroxylation is 1. The molecule has 1 aromatic heterocycles. The van der Waals surface area contributed by atoms with Crippen LogP contribution in [0.2, 0.25) is 0 Å². The van der Waals surface area contributed by atoms with Gasteiger partial charge < -0.3 is 5.32 Å². The van der Waals surface area contributed by atoms with Crippen LogP contribution in [0.25, 0.3) is 0 Å². The molecule has 29 heavy (non-hydrogen) atoms. The van der Waals surface area contributed by atoms with Crippen LogP contribution in [0, 0.1) is 11.3 Å². The molecular formula is C21H17N3O3S2. The van der Waals surface area contributed by atoms with Gasteiger partial charge >= 0.3 is 0 Å². The Hall–Kier alpha value is -3.15. The summed E-state index contributed by atoms with van der Waals surface area (Å²) in [4.78, 5) is 13.1. The number of nitriles is 1. The molecule has 1 aliphatic rings. The van der Waals surface area contributed by atoms with E-state index in [-0.39, 0.29) is 10.5 Å². The Morgan fingerprint density at radius 1 is 1.10 bits per heavy atom. The molecule has 0 spiro atoms. The van der Waals surface area contributed by atoms with Crippen LogP contribution < -0.4 is 9.62 Å². The SMILES string of the molecule is N#Cc1ccc(NC(=O)c2cccc(S(=O)(=O)N3CCCc4ccccc43)c2)s1. The second-order valence-electron chi connectivity index (χ2n) is 6.57. The highest BCUT2D eigenvalue weighted by Crippen LogP contribution is 2.32. The Balaban J connectivity index is 1.63. The standard InChI is InChI=1S/C21H17N3O3S2/c22-14-17-10-11-20(28-17)23-21(25)16-6-3-8-18(13-16)29(26,27)24-12-4-7-15-5-1-2-9-19(15)24/h1-3,5-6,8-11,13H,4,7,12H2,(H,23,25). The third-order valence-corrected chi connectivity index (χ3v) is 7.42. The minimum absolute atomic E-state index is 0.0748. The Bertz CT molecular complexity index is 1230. The minimum Gasteiger partial charge on any atom is -0.314 e. The molecule has 0 radical (unpaired) electrons. The van der Waals surface area contributed by atoms with Gasteiger partial charge in [0.05, 0.1) is 15.6 Å². The second kappa shape index (κ2) is 7.70. The molecule has 3 aromatic rings. The van der Waals surface area contributed by atoms with E-state index < -0.39 is 15.9 Å². The van der Waals surface area contributed by atoms with Crippen LogP contribution in [0.5, 0.6) is 0 Å². The smallest absolute Gasteiger partial charge is 0.264 e. The highest BCUT2D eigenvalue weighted by molar-refractivity contribution is 7.92. The number of hydrogen-bond acceptors (Lipinski definition) is 5. The van der Waals surface area contributed by atoms with Crippen molar-refractivity contribution < 1.29 is 13.2 Å². The predicted octanol–water partition coefficient (Wildman–Crippen LogP) is 4.01. The van der Waals surface area contributed by atoms with Crippen LogP contribution in [-0.2, 0) is 16.4 Å². The zero-order valence-corrected chi connectivity index (χ0v) is 17.0. The first-order chi connectivity index (χ1) is 14.0. The maximum absolute atomic E-state index is 13.3. The summed E-state index contributed by atoms with van der Waals surface area (Å²) >= 11 is 1.16. The first-order valence-electron chi connectivity index (χ1n) is 9.01. The van der Waals surface area contributed by atoms with Gasteiger partial charge in [0, 0.05) is 12.1 Å². The van der Waals surface area contributed by atoms with Gasteiger partial charge in [0.1, 0.15) is 10.9 Å². The summed E-state index contributed by atoms with van der Waals surface area (Å²) in [5.74, 6) is -0.424. The average Bonchev–Trinajstić information content (AvgIpc) is 3.21. The molecule has 4 rings (SSSR count). The van der Waals surface area contributed by atoms with E-state index >= 15 is 0 Å². The van der Waals surface area contributed by atoms with Gasteiger partial charge in [-0.15, -0.1) is 11.3 Å². The van der Waals surface area contributed by atoms with Crippen LogP contribution in [0.1, 0.15) is 27.2 Å². The van der Waals surface area contributed by atoms with Crippen LogP contribution in [0.3, 0.4) is 0 Å². The van der Waals surface area contributed by atoms with Gasteiger partial charge in [0.25, 0.3) is 15.9 Å². The fourth-order valence-corrected chi connectivity index (χ4v) is 5.61. The molecule has 0 saturated heterocycles. The molecule has 146 valence electrons. The number of carbonyl (C=O) groups excluding carboxylic acids is 1. The quantitative estimate of drug-likeness (QED) is 0.686. The first-order valence-corrected chi connectivity index (χ1v) is 11.3. The normalized spacial score (nSPS) is 13.4. The monoisotopic (exact) mass is 423 g/mol. The number of rotatable bonds is 4. The fraction of sp³-hybridized carbons (Fsp3) is 0.143. The first kappa shape index (κ1) is 19.2. The van der Waals surface area contributed by atoms with Crippen LogP contribution in [-0.4, -0.2) is 20.9 Å². The van der Waals surface area contributed by atoms with Crippen molar-refractivity contribution in [3.05, 3.63) is 76.7 Å². The van der Waals surface area contributed by atoms with E-state index in [1.807, 2.05) is 30.3 Å². The molecule has 0 fully saturated rings. The van der Waals surface area contributed by atoms with Gasteiger partial charge in [0.2, 0.25) is 0 Å². The van der Waals surface area contributed by atoms with Gasteiger partial charge in [-0.1, -0.05) is 24.3 Å². The van der Waals surface area contributed by atoms with Gasteiger partial charge in [-0.2, -0.15) is 5.26 Å². The van der Waals surface area contributed by atoms with Gasteiger partial charge in [-0.25, -0.2) is 8.42 Å². The van der Waals surface area contributed by atoms with E-state index in [1.165, 1.54) is 16.4 Å². The lowest BCUT2D eigenvalue weighted by Crippen LogP contribution is -2.35. The molecule has 0 aliphatic carbocycles. The zero-order chi connectivity index (χ0) is 20.4. The van der Waals surface area contributed by atoms with E-state index in [0.717, 1.165) is 29.7 Å². The number of sulfonamides is 1. The number of para-hydroxylation sites is 1. The lowest BCUT2D eigenvalue weighted by molar-refractivity contribution is 0.102. The molecule has 1 amide bonds. The molecule has 0 unspecified atom stereocenters. The number of nitrogens with one attached hydrogen (secondary N) is 1. The second-order valence-corrected chi connectivity index (χ2v) is 9.51. The summed E-state index contributed by atoms with van der Waals surface area (Å²) in [5, 5.41) is 12.1. The number of benzene rings is 2. The van der Waals surface area contributed by atoms with Gasteiger partial charge in [-0.3, -0.25) is 9.10 Å². The number of anilines is 2. The third-order valence-electron chi connectivity index (χ3n) is 4.70. The van der Waals surface area contributed by atoms with E-state index in [0.29, 0.717) is 22.1 Å². The molecule has 6 nitrogen and oxygen atoms in total. The van der Waals surface area contributed by atoms with Crippen LogP contribution in [0.4, 0.5) is 10.7 Å². The average molecular weight is 424 g/mol. The van der Waals surface area contributed by atoms with Gasteiger partial charge in [-0.05, 0) is 54.8 Å². The lowest BCUT2D eigenvalue weighted by atomic mass is 10.0. The van der Waals surface area contributed by atoms with Crippen molar-refractivity contribution in [1.82, 2.24) is 0 Å². The van der Waals surface area contributed by atoms with Crippen molar-refractivity contribution in [1.29, 1.82) is 5.26 Å². The Morgan fingerprint density at radius 2 is 1.93 bits per heavy atom. The van der Waals surface area contributed by atoms with E-state index in [4.69, 9.17) is 5.26 Å². The molecule has 8 heteroatoms. The Kier molecular flexibility index (Phi) is 5.09. The largest absolute Gasteiger partial charge is 0.314 e. The maximum Gasteiger partial charge on any atom is 0.264 e. The zero-order valence-electron chi connectivity index (χ0n) is 15.3. The van der Waals surface area contributed by atoms with Crippen molar-refractivity contribution in [3.63, 3.8) is 0 Å². The van der Waals surface area contributed by atoms with Crippen molar-refractivity contribution in [2.24, 2.45) is 0 Å². The highest BCUT2D eigenvalue weighted by Gasteiger charge is 2.29. The van der Waals surface area contributed by atoms with Crippen LogP contribution in [0.15, 0.2) is 65.6 Å². The summed E-state index contributed by atoms with van der Waals surface area (Å²) in [6.45, 7) is 0.405. The predicted molar refractivity (Wildman–Crippen MR) is 113 cm³/mol. The number of hydrogen-bond donors (Lipinski definition) is 1. The number of carbonyl (C=O) groups is 1. The minimum atomic E-state index is -3.79. The van der Waals surface area contributed by atoms with Crippen molar-refractivity contribution >= 4 is 38.0 Å². The highest BCUT2D eigenvalue weighted by atomic mass is 32.2. The van der Waals surface area contributed by atoms with Crippen molar-refractivity contribution in [2.75, 3.05) is 16.2 Å². The molecular weight excluding hydrogens is 406 g/mol. The van der Waals surface area contributed by atoms with E-state index in [1.54, 1.807) is 24.3 Å². The Morgan fingerprint density at radius 3 is 2.72 bits per heavy atom. The molecule has 0 saturated carbocycles. The number of amides is 1. The van der Waals surface area contributed by atoms with E-state index in [2.05, 4.69) is 5.32 Å². The summed E-state index contributed by atoms with van der Waals surface area (Å²) in [7, 11) is -3.79. The molecule has 0 atom stereocenters. The number of thiophene rings is 1. The number of nitrogens with zero attached hydrogens (tertiary/aromatic N) is 2.